The molecule has 11 heteroatoms. The molecule has 2 saturated heterocycles. The zero-order chi connectivity index (χ0) is 28.4. The maximum absolute atomic E-state index is 14.6. The number of methoxy groups -OCH3 is 1. The predicted molar refractivity (Wildman–Crippen MR) is 154 cm³/mol. The Hall–Kier alpha value is -3.21. The zero-order valence-electron chi connectivity index (χ0n) is 23.4. The molecule has 9 nitrogen and oxygen atoms in total. The Morgan fingerprint density at radius 2 is 2.02 bits per heavy atom. The summed E-state index contributed by atoms with van der Waals surface area (Å²) in [7, 11) is 5.41. The molecule has 2 aliphatic rings. The van der Waals surface area contributed by atoms with Gasteiger partial charge in [0.25, 0.3) is 0 Å². The molecule has 2 aliphatic heterocycles. The van der Waals surface area contributed by atoms with Crippen molar-refractivity contribution >= 4 is 39.9 Å². The smallest absolute Gasteiger partial charge is 0.239 e. The fraction of sp³-hybridized carbons (Fsp3) is 0.483. The average Bonchev–Trinajstić information content (AvgIpc) is 3.61. The summed E-state index contributed by atoms with van der Waals surface area (Å²) < 4.78 is 26.6. The van der Waals surface area contributed by atoms with Crippen LogP contribution >= 0.6 is 11.6 Å². The first-order chi connectivity index (χ1) is 19.2. The maximum Gasteiger partial charge on any atom is 0.239 e. The molecule has 3 heterocycles. The molecule has 0 aliphatic carbocycles. The number of likely N-dealkylation sites (N-methyl/N-ethyl adjacent to an activating group) is 2. The number of nitrogens with zero attached hydrogens (tertiary/aromatic N) is 5. The van der Waals surface area contributed by atoms with Gasteiger partial charge in [-0.25, -0.2) is 14.4 Å². The number of anilines is 2. The van der Waals surface area contributed by atoms with Crippen molar-refractivity contribution in [2.75, 3.05) is 52.7 Å². The summed E-state index contributed by atoms with van der Waals surface area (Å²) in [5, 5.41) is 3.67. The van der Waals surface area contributed by atoms with Gasteiger partial charge in [-0.2, -0.15) is 0 Å². The summed E-state index contributed by atoms with van der Waals surface area (Å²) in [5.74, 6) is 0.963. The van der Waals surface area contributed by atoms with E-state index in [0.29, 0.717) is 53.8 Å². The SMILES string of the molecule is COc1cc2ncnc(Nc3cccc(Cl)c3F)c2cc1O[C@H]1C[C@H](C(=O)N(C)C[C@H](C)N2CCCC2)N(C)C1. The van der Waals surface area contributed by atoms with E-state index in [-0.39, 0.29) is 28.8 Å². The van der Waals surface area contributed by atoms with Crippen LogP contribution in [-0.2, 0) is 4.79 Å². The number of likely N-dealkylation sites (tertiary alicyclic amines) is 2. The Balaban J connectivity index is 1.32. The number of benzene rings is 2. The molecule has 0 radical (unpaired) electrons. The lowest BCUT2D eigenvalue weighted by atomic mass is 10.1. The summed E-state index contributed by atoms with van der Waals surface area (Å²) in [6.45, 7) is 5.70. The number of hydrogen-bond acceptors (Lipinski definition) is 8. The van der Waals surface area contributed by atoms with Crippen LogP contribution in [0.5, 0.6) is 11.5 Å². The molecule has 2 fully saturated rings. The van der Waals surface area contributed by atoms with E-state index in [4.69, 9.17) is 21.1 Å². The van der Waals surface area contributed by atoms with Crippen LogP contribution < -0.4 is 14.8 Å². The van der Waals surface area contributed by atoms with Gasteiger partial charge in [0.05, 0.1) is 29.4 Å². The van der Waals surface area contributed by atoms with Crippen molar-refractivity contribution in [1.29, 1.82) is 0 Å². The highest BCUT2D eigenvalue weighted by Gasteiger charge is 2.38. The van der Waals surface area contributed by atoms with Crippen molar-refractivity contribution < 1.29 is 18.7 Å². The fourth-order valence-electron chi connectivity index (χ4n) is 5.69. The molecule has 0 saturated carbocycles. The highest BCUT2D eigenvalue weighted by atomic mass is 35.5. The molecule has 1 aromatic heterocycles. The summed E-state index contributed by atoms with van der Waals surface area (Å²) in [4.78, 5) is 28.4. The lowest BCUT2D eigenvalue weighted by molar-refractivity contribution is -0.134. The second-order valence-corrected chi connectivity index (χ2v) is 11.1. The highest BCUT2D eigenvalue weighted by molar-refractivity contribution is 6.31. The van der Waals surface area contributed by atoms with Crippen molar-refractivity contribution in [3.05, 3.63) is 47.5 Å². The van der Waals surface area contributed by atoms with Crippen molar-refractivity contribution in [3.63, 3.8) is 0 Å². The van der Waals surface area contributed by atoms with E-state index in [1.165, 1.54) is 25.2 Å². The molecule has 0 spiro atoms. The molecule has 0 bridgehead atoms. The van der Waals surface area contributed by atoms with Crippen LogP contribution in [0.15, 0.2) is 36.7 Å². The van der Waals surface area contributed by atoms with Gasteiger partial charge in [0.2, 0.25) is 5.91 Å². The van der Waals surface area contributed by atoms with Crippen LogP contribution in [0.25, 0.3) is 10.9 Å². The first-order valence-electron chi connectivity index (χ1n) is 13.6. The molecule has 1 amide bonds. The number of nitrogens with one attached hydrogen (secondary N) is 1. The summed E-state index contributed by atoms with van der Waals surface area (Å²) in [6, 6.07) is 8.36. The van der Waals surface area contributed by atoms with Crippen LogP contribution in [0.1, 0.15) is 26.2 Å². The Morgan fingerprint density at radius 1 is 1.25 bits per heavy atom. The third-order valence-corrected chi connectivity index (χ3v) is 8.18. The molecule has 214 valence electrons. The van der Waals surface area contributed by atoms with Crippen LogP contribution in [0, 0.1) is 5.82 Å². The number of fused-ring (bicyclic) bond motifs is 1. The molecular formula is C29H36ClFN6O3. The minimum Gasteiger partial charge on any atom is -0.493 e. The highest BCUT2D eigenvalue weighted by Crippen LogP contribution is 2.37. The molecule has 2 aromatic carbocycles. The molecular weight excluding hydrogens is 535 g/mol. The second-order valence-electron chi connectivity index (χ2n) is 10.7. The van der Waals surface area contributed by atoms with Gasteiger partial charge in [-0.1, -0.05) is 17.7 Å². The zero-order valence-corrected chi connectivity index (χ0v) is 24.1. The largest absolute Gasteiger partial charge is 0.493 e. The normalized spacial score (nSPS) is 20.6. The van der Waals surface area contributed by atoms with Gasteiger partial charge in [-0.3, -0.25) is 14.6 Å². The van der Waals surface area contributed by atoms with Gasteiger partial charge in [0.1, 0.15) is 18.2 Å². The predicted octanol–water partition coefficient (Wildman–Crippen LogP) is 4.57. The van der Waals surface area contributed by atoms with Crippen molar-refractivity contribution in [2.24, 2.45) is 0 Å². The number of carbonyl (C=O) groups excluding carboxylic acids is 1. The van der Waals surface area contributed by atoms with E-state index in [9.17, 15) is 9.18 Å². The molecule has 5 rings (SSSR count). The minimum atomic E-state index is -0.564. The van der Waals surface area contributed by atoms with Gasteiger partial charge >= 0.3 is 0 Å². The Kier molecular flexibility index (Phi) is 8.58. The Morgan fingerprint density at radius 3 is 2.77 bits per heavy atom. The lowest BCUT2D eigenvalue weighted by Crippen LogP contribution is -2.47. The van der Waals surface area contributed by atoms with E-state index in [1.807, 2.05) is 19.0 Å². The third kappa shape index (κ3) is 5.94. The molecule has 40 heavy (non-hydrogen) atoms. The van der Waals surface area contributed by atoms with E-state index in [2.05, 4.69) is 32.0 Å². The number of amides is 1. The fourth-order valence-corrected chi connectivity index (χ4v) is 5.86. The van der Waals surface area contributed by atoms with Crippen LogP contribution in [0.3, 0.4) is 0 Å². The Labute approximate surface area is 239 Å². The average molecular weight is 571 g/mol. The number of aromatic nitrogens is 2. The van der Waals surface area contributed by atoms with Crippen molar-refractivity contribution in [2.45, 2.75) is 44.4 Å². The quantitative estimate of drug-likeness (QED) is 0.401. The van der Waals surface area contributed by atoms with Crippen LogP contribution in [0.4, 0.5) is 15.9 Å². The van der Waals surface area contributed by atoms with Crippen LogP contribution in [-0.4, -0.2) is 96.1 Å². The minimum absolute atomic E-state index is 0.0136. The first kappa shape index (κ1) is 28.3. The van der Waals surface area contributed by atoms with Gasteiger partial charge in [-0.15, -0.1) is 0 Å². The number of carbonyl (C=O) groups is 1. The van der Waals surface area contributed by atoms with E-state index >= 15 is 0 Å². The topological polar surface area (TPSA) is 83.1 Å². The third-order valence-electron chi connectivity index (χ3n) is 7.89. The number of ether oxygens (including phenoxy) is 2. The number of rotatable bonds is 9. The van der Waals surface area contributed by atoms with Gasteiger partial charge in [-0.05, 0) is 58.1 Å². The summed E-state index contributed by atoms with van der Waals surface area (Å²) >= 11 is 5.96. The molecule has 0 unspecified atom stereocenters. The molecule has 1 N–H and O–H groups in total. The van der Waals surface area contributed by atoms with E-state index in [0.717, 1.165) is 13.1 Å². The number of hydrogen-bond donors (Lipinski definition) is 1. The second kappa shape index (κ2) is 12.1. The summed E-state index contributed by atoms with van der Waals surface area (Å²) in [5.41, 5.74) is 0.808. The molecule has 3 aromatic rings. The van der Waals surface area contributed by atoms with E-state index in [1.54, 1.807) is 31.4 Å². The van der Waals surface area contributed by atoms with Gasteiger partial charge in [0, 0.05) is 44.1 Å². The van der Waals surface area contributed by atoms with Crippen LogP contribution in [0.2, 0.25) is 5.02 Å². The van der Waals surface area contributed by atoms with Crippen molar-refractivity contribution in [1.82, 2.24) is 24.7 Å². The molecule has 3 atom stereocenters. The van der Waals surface area contributed by atoms with Crippen molar-refractivity contribution in [3.8, 4) is 11.5 Å². The Bertz CT molecular complexity index is 1370. The van der Waals surface area contributed by atoms with Gasteiger partial charge in [0.15, 0.2) is 17.3 Å². The van der Waals surface area contributed by atoms with Gasteiger partial charge < -0.3 is 19.7 Å². The number of halogens is 2. The lowest BCUT2D eigenvalue weighted by Gasteiger charge is -2.31. The maximum atomic E-state index is 14.6. The first-order valence-corrected chi connectivity index (χ1v) is 14.0. The monoisotopic (exact) mass is 570 g/mol. The summed E-state index contributed by atoms with van der Waals surface area (Å²) in [6.07, 6.45) is 4.19. The van der Waals surface area contributed by atoms with E-state index < -0.39 is 5.82 Å². The standard InChI is InChI=1S/C29H36ClFN6O3/c1-18(37-10-5-6-11-37)15-36(3)29(38)24-12-19(16-35(24)2)40-26-13-20-23(14-25(26)39-4)32-17-33-28(20)34-22-9-7-8-21(30)27(22)31/h7-9,13-14,17-19,24H,5-6,10-12,15-16H2,1-4H3,(H,32,33,34)/t18-,19-,24+/m0/s1.